The zero-order chi connectivity index (χ0) is 13.0. The standard InChI is InChI=1S/C11H18N2O3S2/c1-2-12-7-10-11(4-6-17-10)18(14,15)13-9-3-5-16-8-9/h4,6,9,12-13H,2-3,5,7-8H2,1H3. The third-order valence-corrected chi connectivity index (χ3v) is 5.44. The molecule has 0 aromatic carbocycles. The average Bonchev–Trinajstić information content (AvgIpc) is 2.96. The van der Waals surface area contributed by atoms with Gasteiger partial charge in [-0.3, -0.25) is 0 Å². The Morgan fingerprint density at radius 2 is 2.39 bits per heavy atom. The van der Waals surface area contributed by atoms with Crippen molar-refractivity contribution in [3.05, 3.63) is 16.3 Å². The van der Waals surface area contributed by atoms with Crippen molar-refractivity contribution in [1.29, 1.82) is 0 Å². The molecule has 1 aromatic rings. The number of hydrogen-bond acceptors (Lipinski definition) is 5. The van der Waals surface area contributed by atoms with Gasteiger partial charge in [-0.15, -0.1) is 11.3 Å². The Balaban J connectivity index is 2.10. The van der Waals surface area contributed by atoms with E-state index in [1.165, 1.54) is 11.3 Å². The third kappa shape index (κ3) is 3.30. The van der Waals surface area contributed by atoms with Crippen LogP contribution in [0.3, 0.4) is 0 Å². The summed E-state index contributed by atoms with van der Waals surface area (Å²) in [7, 11) is -3.42. The molecule has 1 atom stereocenters. The average molecular weight is 290 g/mol. The Morgan fingerprint density at radius 3 is 3.06 bits per heavy atom. The van der Waals surface area contributed by atoms with Crippen molar-refractivity contribution in [3.63, 3.8) is 0 Å². The van der Waals surface area contributed by atoms with E-state index in [0.717, 1.165) is 17.8 Å². The Labute approximate surface area is 112 Å². The highest BCUT2D eigenvalue weighted by atomic mass is 32.2. The van der Waals surface area contributed by atoms with Gasteiger partial charge < -0.3 is 10.1 Å². The number of sulfonamides is 1. The van der Waals surface area contributed by atoms with Crippen molar-refractivity contribution in [2.45, 2.75) is 30.8 Å². The molecule has 7 heteroatoms. The molecule has 2 N–H and O–H groups in total. The van der Waals surface area contributed by atoms with Crippen LogP contribution < -0.4 is 10.0 Å². The summed E-state index contributed by atoms with van der Waals surface area (Å²) in [4.78, 5) is 1.24. The van der Waals surface area contributed by atoms with Gasteiger partial charge in [0.25, 0.3) is 0 Å². The SMILES string of the molecule is CCNCc1sccc1S(=O)(=O)NC1CCOC1. The van der Waals surface area contributed by atoms with E-state index in [4.69, 9.17) is 4.74 Å². The van der Waals surface area contributed by atoms with Gasteiger partial charge in [0.2, 0.25) is 10.0 Å². The van der Waals surface area contributed by atoms with Gasteiger partial charge in [0.1, 0.15) is 0 Å². The van der Waals surface area contributed by atoms with Crippen LogP contribution in [0.2, 0.25) is 0 Å². The van der Waals surface area contributed by atoms with Crippen LogP contribution in [0.1, 0.15) is 18.2 Å². The molecule has 0 spiro atoms. The van der Waals surface area contributed by atoms with Gasteiger partial charge in [-0.05, 0) is 24.4 Å². The van der Waals surface area contributed by atoms with Crippen LogP contribution in [-0.2, 0) is 21.3 Å². The zero-order valence-electron chi connectivity index (χ0n) is 10.3. The second-order valence-corrected chi connectivity index (χ2v) is 6.85. The number of rotatable bonds is 6. The van der Waals surface area contributed by atoms with E-state index < -0.39 is 10.0 Å². The molecular formula is C11H18N2O3S2. The van der Waals surface area contributed by atoms with E-state index in [1.807, 2.05) is 12.3 Å². The third-order valence-electron chi connectivity index (χ3n) is 2.78. The van der Waals surface area contributed by atoms with E-state index in [1.54, 1.807) is 6.07 Å². The summed E-state index contributed by atoms with van der Waals surface area (Å²) in [5.74, 6) is 0. The summed E-state index contributed by atoms with van der Waals surface area (Å²) in [6.45, 7) is 4.50. The fraction of sp³-hybridized carbons (Fsp3) is 0.636. The van der Waals surface area contributed by atoms with Crippen molar-refractivity contribution in [3.8, 4) is 0 Å². The lowest BCUT2D eigenvalue weighted by Crippen LogP contribution is -2.35. The minimum absolute atomic E-state index is 0.0955. The number of ether oxygens (including phenoxy) is 1. The normalized spacial score (nSPS) is 20.4. The van der Waals surface area contributed by atoms with Gasteiger partial charge in [0, 0.05) is 24.1 Å². The van der Waals surface area contributed by atoms with Crippen molar-refractivity contribution in [2.75, 3.05) is 19.8 Å². The highest BCUT2D eigenvalue weighted by Crippen LogP contribution is 2.22. The molecule has 0 radical (unpaired) electrons. The first-order valence-corrected chi connectivity index (χ1v) is 8.37. The minimum Gasteiger partial charge on any atom is -0.380 e. The maximum Gasteiger partial charge on any atom is 0.242 e. The maximum atomic E-state index is 12.2. The first-order valence-electron chi connectivity index (χ1n) is 6.00. The molecule has 0 bridgehead atoms. The predicted octanol–water partition coefficient (Wildman–Crippen LogP) is 0.925. The summed E-state index contributed by atoms with van der Waals surface area (Å²) in [5.41, 5.74) is 0. The van der Waals surface area contributed by atoms with E-state index in [9.17, 15) is 8.42 Å². The van der Waals surface area contributed by atoms with Crippen LogP contribution in [0.4, 0.5) is 0 Å². The lowest BCUT2D eigenvalue weighted by molar-refractivity contribution is 0.192. The molecule has 0 amide bonds. The molecule has 2 rings (SSSR count). The lowest BCUT2D eigenvalue weighted by atomic mass is 10.3. The topological polar surface area (TPSA) is 67.4 Å². The highest BCUT2D eigenvalue weighted by molar-refractivity contribution is 7.89. The maximum absolute atomic E-state index is 12.2. The monoisotopic (exact) mass is 290 g/mol. The van der Waals surface area contributed by atoms with Gasteiger partial charge in [0.15, 0.2) is 0 Å². The van der Waals surface area contributed by atoms with Crippen molar-refractivity contribution >= 4 is 21.4 Å². The lowest BCUT2D eigenvalue weighted by Gasteiger charge is -2.12. The van der Waals surface area contributed by atoms with Gasteiger partial charge in [-0.2, -0.15) is 0 Å². The molecule has 18 heavy (non-hydrogen) atoms. The van der Waals surface area contributed by atoms with E-state index >= 15 is 0 Å². The Morgan fingerprint density at radius 1 is 1.56 bits per heavy atom. The molecular weight excluding hydrogens is 272 g/mol. The second-order valence-electron chi connectivity index (χ2n) is 4.17. The number of hydrogen-bond donors (Lipinski definition) is 2. The Kier molecular flexibility index (Phi) is 4.74. The summed E-state index contributed by atoms with van der Waals surface area (Å²) in [5, 5.41) is 4.96. The van der Waals surface area contributed by atoms with Crippen LogP contribution in [0.15, 0.2) is 16.3 Å². The van der Waals surface area contributed by atoms with Crippen molar-refractivity contribution in [1.82, 2.24) is 10.0 Å². The molecule has 1 fully saturated rings. The summed E-state index contributed by atoms with van der Waals surface area (Å²) in [6, 6.07) is 1.57. The van der Waals surface area contributed by atoms with Gasteiger partial charge in [-0.25, -0.2) is 13.1 Å². The molecule has 5 nitrogen and oxygen atoms in total. The summed E-state index contributed by atoms with van der Waals surface area (Å²) >= 11 is 1.46. The zero-order valence-corrected chi connectivity index (χ0v) is 11.9. The van der Waals surface area contributed by atoms with Crippen molar-refractivity contribution < 1.29 is 13.2 Å². The molecule has 1 unspecified atom stereocenters. The Bertz CT molecular complexity index is 478. The van der Waals surface area contributed by atoms with Crippen LogP contribution in [0.5, 0.6) is 0 Å². The molecule has 102 valence electrons. The van der Waals surface area contributed by atoms with E-state index in [2.05, 4.69) is 10.0 Å². The molecule has 1 aliphatic rings. The first kappa shape index (κ1) is 14.0. The predicted molar refractivity (Wildman–Crippen MR) is 71.2 cm³/mol. The van der Waals surface area contributed by atoms with Crippen LogP contribution in [-0.4, -0.2) is 34.2 Å². The van der Waals surface area contributed by atoms with E-state index in [0.29, 0.717) is 24.7 Å². The van der Waals surface area contributed by atoms with Gasteiger partial charge >= 0.3 is 0 Å². The summed E-state index contributed by atoms with van der Waals surface area (Å²) in [6.07, 6.45) is 0.742. The highest BCUT2D eigenvalue weighted by Gasteiger charge is 2.25. The van der Waals surface area contributed by atoms with Crippen LogP contribution in [0, 0.1) is 0 Å². The minimum atomic E-state index is -3.42. The van der Waals surface area contributed by atoms with Crippen molar-refractivity contribution in [2.24, 2.45) is 0 Å². The molecule has 1 aliphatic heterocycles. The number of thiophene rings is 1. The quantitative estimate of drug-likeness (QED) is 0.818. The smallest absolute Gasteiger partial charge is 0.242 e. The molecule has 1 saturated heterocycles. The van der Waals surface area contributed by atoms with Crippen LogP contribution in [0.25, 0.3) is 0 Å². The molecule has 0 aliphatic carbocycles. The number of nitrogens with one attached hydrogen (secondary N) is 2. The molecule has 2 heterocycles. The Hall–Kier alpha value is -0.470. The summed E-state index contributed by atoms with van der Waals surface area (Å²) < 4.78 is 32.4. The van der Waals surface area contributed by atoms with E-state index in [-0.39, 0.29) is 6.04 Å². The fourth-order valence-electron chi connectivity index (χ4n) is 1.85. The molecule has 0 saturated carbocycles. The van der Waals surface area contributed by atoms with Gasteiger partial charge in [0.05, 0.1) is 11.5 Å². The largest absolute Gasteiger partial charge is 0.380 e. The first-order chi connectivity index (χ1) is 8.63. The van der Waals surface area contributed by atoms with Crippen LogP contribution >= 0.6 is 11.3 Å². The second kappa shape index (κ2) is 6.12. The molecule has 1 aromatic heterocycles. The van der Waals surface area contributed by atoms with Gasteiger partial charge in [-0.1, -0.05) is 6.92 Å². The fourth-order valence-corrected chi connectivity index (χ4v) is 4.51.